The zero-order valence-corrected chi connectivity index (χ0v) is 18.3. The summed E-state index contributed by atoms with van der Waals surface area (Å²) in [4.78, 5) is 25.3. The molecule has 4 rings (SSSR count). The number of rotatable bonds is 6. The molecule has 0 spiro atoms. The van der Waals surface area contributed by atoms with Crippen molar-refractivity contribution in [2.45, 2.75) is 5.41 Å². The number of carbonyl (C=O) groups excluding carboxylic acids is 1. The Bertz CT molecular complexity index is 1170. The lowest BCUT2D eigenvalue weighted by Crippen LogP contribution is -2.47. The Hall–Kier alpha value is -3.35. The minimum Gasteiger partial charge on any atom is -0.480 e. The predicted octanol–water partition coefficient (Wildman–Crippen LogP) is 4.67. The molecule has 1 unspecified atom stereocenters. The van der Waals surface area contributed by atoms with E-state index in [1.54, 1.807) is 72.8 Å². The van der Waals surface area contributed by atoms with E-state index in [-0.39, 0.29) is 19.0 Å². The van der Waals surface area contributed by atoms with E-state index >= 15 is 0 Å². The van der Waals surface area contributed by atoms with Crippen LogP contribution in [0, 0.1) is 0 Å². The van der Waals surface area contributed by atoms with Gasteiger partial charge in [0, 0.05) is 15.7 Å². The molecule has 1 heterocycles. The molecule has 32 heavy (non-hydrogen) atoms. The topological polar surface area (TPSA) is 82.0 Å². The van der Waals surface area contributed by atoms with Crippen LogP contribution >= 0.6 is 23.2 Å². The van der Waals surface area contributed by atoms with Gasteiger partial charge in [-0.25, -0.2) is 0 Å². The number of amides is 1. The first kappa shape index (κ1) is 21.9. The van der Waals surface area contributed by atoms with Crippen molar-refractivity contribution in [1.82, 2.24) is 5.01 Å². The van der Waals surface area contributed by atoms with Crippen LogP contribution in [0.5, 0.6) is 0 Å². The lowest BCUT2D eigenvalue weighted by molar-refractivity contribution is -0.141. The first-order chi connectivity index (χ1) is 15.4. The molecule has 0 radical (unpaired) electrons. The SMILES string of the molecule is O=C(CN1CC(C(=O)O)(c2ccccc2)C(c2ccc(Cl)cc2)=N1)Nc1ccc(Cl)cc1. The Morgan fingerprint density at radius 1 is 0.938 bits per heavy atom. The molecule has 1 aliphatic rings. The summed E-state index contributed by atoms with van der Waals surface area (Å²) in [5.41, 5.74) is 0.721. The molecule has 1 atom stereocenters. The molecule has 8 heteroatoms. The normalized spacial score (nSPS) is 17.7. The highest BCUT2D eigenvalue weighted by Gasteiger charge is 2.51. The third kappa shape index (κ3) is 4.33. The maximum absolute atomic E-state index is 12.7. The number of hydrogen-bond donors (Lipinski definition) is 2. The van der Waals surface area contributed by atoms with E-state index in [4.69, 9.17) is 23.2 Å². The smallest absolute Gasteiger partial charge is 0.322 e. The van der Waals surface area contributed by atoms with Gasteiger partial charge in [0.1, 0.15) is 6.54 Å². The summed E-state index contributed by atoms with van der Waals surface area (Å²) in [5.74, 6) is -1.36. The molecule has 3 aromatic carbocycles. The van der Waals surface area contributed by atoms with Gasteiger partial charge in [-0.05, 0) is 47.5 Å². The minimum atomic E-state index is -1.43. The summed E-state index contributed by atoms with van der Waals surface area (Å²) < 4.78 is 0. The minimum absolute atomic E-state index is 0.0122. The Morgan fingerprint density at radius 2 is 1.53 bits per heavy atom. The molecule has 3 aromatic rings. The highest BCUT2D eigenvalue weighted by molar-refractivity contribution is 6.31. The molecule has 0 saturated heterocycles. The number of hydrogen-bond acceptors (Lipinski definition) is 4. The number of halogens is 2. The molecule has 0 saturated carbocycles. The van der Waals surface area contributed by atoms with Gasteiger partial charge in [0.15, 0.2) is 5.41 Å². The van der Waals surface area contributed by atoms with Crippen LogP contribution in [0.1, 0.15) is 11.1 Å². The van der Waals surface area contributed by atoms with Crippen LogP contribution in [0.25, 0.3) is 0 Å². The van der Waals surface area contributed by atoms with Crippen LogP contribution in [0.3, 0.4) is 0 Å². The molecule has 0 bridgehead atoms. The molecular weight excluding hydrogens is 449 g/mol. The Labute approximate surface area is 195 Å². The van der Waals surface area contributed by atoms with Crippen LogP contribution in [-0.2, 0) is 15.0 Å². The van der Waals surface area contributed by atoms with Crippen LogP contribution in [0.2, 0.25) is 10.0 Å². The van der Waals surface area contributed by atoms with Crippen molar-refractivity contribution in [3.63, 3.8) is 0 Å². The second kappa shape index (κ2) is 9.02. The largest absolute Gasteiger partial charge is 0.480 e. The number of aliphatic carboxylic acids is 1. The van der Waals surface area contributed by atoms with Gasteiger partial charge in [-0.1, -0.05) is 65.7 Å². The predicted molar refractivity (Wildman–Crippen MR) is 125 cm³/mol. The number of anilines is 1. The molecule has 0 aliphatic carbocycles. The molecule has 0 fully saturated rings. The zero-order chi connectivity index (χ0) is 22.7. The summed E-state index contributed by atoms with van der Waals surface area (Å²) >= 11 is 11.9. The van der Waals surface area contributed by atoms with E-state index in [9.17, 15) is 14.7 Å². The van der Waals surface area contributed by atoms with E-state index in [2.05, 4.69) is 10.4 Å². The molecule has 6 nitrogen and oxygen atoms in total. The molecular formula is C24H19Cl2N3O3. The number of hydrazone groups is 1. The standard InChI is InChI=1S/C24H19Cl2N3O3/c25-18-8-6-16(7-9-18)22-24(23(31)32,17-4-2-1-3-5-17)15-29(28-22)14-21(30)27-20-12-10-19(26)11-13-20/h1-13H,14-15H2,(H,27,30)(H,31,32). The molecule has 1 amide bonds. The maximum atomic E-state index is 12.7. The van der Waals surface area contributed by atoms with Crippen molar-refractivity contribution in [3.05, 3.63) is 100 Å². The third-order valence-corrected chi connectivity index (χ3v) is 5.77. The molecule has 0 aromatic heterocycles. The quantitative estimate of drug-likeness (QED) is 0.551. The van der Waals surface area contributed by atoms with Gasteiger partial charge in [0.05, 0.1) is 12.3 Å². The van der Waals surface area contributed by atoms with Gasteiger partial charge < -0.3 is 10.4 Å². The van der Waals surface area contributed by atoms with Crippen molar-refractivity contribution >= 4 is 46.5 Å². The van der Waals surface area contributed by atoms with Gasteiger partial charge >= 0.3 is 5.97 Å². The number of carbonyl (C=O) groups is 2. The lowest BCUT2D eigenvalue weighted by Gasteiger charge is -2.27. The average molecular weight is 468 g/mol. The number of benzene rings is 3. The number of carboxylic acid groups (broad SMARTS) is 1. The van der Waals surface area contributed by atoms with E-state index in [1.807, 2.05) is 6.07 Å². The van der Waals surface area contributed by atoms with E-state index in [1.165, 1.54) is 5.01 Å². The van der Waals surface area contributed by atoms with Crippen molar-refractivity contribution in [2.24, 2.45) is 5.10 Å². The fraction of sp³-hybridized carbons (Fsp3) is 0.125. The fourth-order valence-electron chi connectivity index (χ4n) is 3.76. The van der Waals surface area contributed by atoms with Gasteiger partial charge in [0.2, 0.25) is 5.91 Å². The van der Waals surface area contributed by atoms with Crippen LogP contribution in [-0.4, -0.2) is 40.8 Å². The second-order valence-corrected chi connectivity index (χ2v) is 8.28. The first-order valence-electron chi connectivity index (χ1n) is 9.83. The lowest BCUT2D eigenvalue weighted by atomic mass is 9.74. The summed E-state index contributed by atoms with van der Waals surface area (Å²) in [6.07, 6.45) is 0. The second-order valence-electron chi connectivity index (χ2n) is 7.41. The van der Waals surface area contributed by atoms with Crippen LogP contribution in [0.15, 0.2) is 84.0 Å². The highest BCUT2D eigenvalue weighted by atomic mass is 35.5. The van der Waals surface area contributed by atoms with E-state index < -0.39 is 11.4 Å². The molecule has 2 N–H and O–H groups in total. The molecule has 1 aliphatic heterocycles. The first-order valence-corrected chi connectivity index (χ1v) is 10.6. The Kier molecular flexibility index (Phi) is 6.17. The van der Waals surface area contributed by atoms with Crippen molar-refractivity contribution < 1.29 is 14.7 Å². The summed E-state index contributed by atoms with van der Waals surface area (Å²) in [6.45, 7) is -0.0973. The molecule has 162 valence electrons. The van der Waals surface area contributed by atoms with Gasteiger partial charge in [0.25, 0.3) is 0 Å². The summed E-state index contributed by atoms with van der Waals surface area (Å²) in [6, 6.07) is 22.5. The monoisotopic (exact) mass is 467 g/mol. The van der Waals surface area contributed by atoms with Crippen molar-refractivity contribution in [1.29, 1.82) is 0 Å². The van der Waals surface area contributed by atoms with Gasteiger partial charge in [-0.15, -0.1) is 0 Å². The highest BCUT2D eigenvalue weighted by Crippen LogP contribution is 2.36. The van der Waals surface area contributed by atoms with Crippen LogP contribution in [0.4, 0.5) is 5.69 Å². The van der Waals surface area contributed by atoms with Gasteiger partial charge in [-0.3, -0.25) is 14.6 Å². The summed E-state index contributed by atoms with van der Waals surface area (Å²) in [5, 5.41) is 20.3. The third-order valence-electron chi connectivity index (χ3n) is 5.27. The van der Waals surface area contributed by atoms with Crippen molar-refractivity contribution in [2.75, 3.05) is 18.4 Å². The summed E-state index contributed by atoms with van der Waals surface area (Å²) in [7, 11) is 0. The maximum Gasteiger partial charge on any atom is 0.322 e. The van der Waals surface area contributed by atoms with E-state index in [0.29, 0.717) is 32.6 Å². The number of nitrogens with one attached hydrogen (secondary N) is 1. The number of carboxylic acids is 1. The van der Waals surface area contributed by atoms with Crippen molar-refractivity contribution in [3.8, 4) is 0 Å². The van der Waals surface area contributed by atoms with Gasteiger partial charge in [-0.2, -0.15) is 5.10 Å². The van der Waals surface area contributed by atoms with Crippen LogP contribution < -0.4 is 5.32 Å². The van der Waals surface area contributed by atoms with E-state index in [0.717, 1.165) is 0 Å². The average Bonchev–Trinajstić information content (AvgIpc) is 3.17. The Balaban J connectivity index is 1.67. The number of nitrogens with zero attached hydrogens (tertiary/aromatic N) is 2. The fourth-order valence-corrected chi connectivity index (χ4v) is 4.01. The zero-order valence-electron chi connectivity index (χ0n) is 16.8. The Morgan fingerprint density at radius 3 is 2.12 bits per heavy atom.